The number of oxime groups is 1. The molecule has 2 aromatic carbocycles. The Morgan fingerprint density at radius 1 is 1.17 bits per heavy atom. The number of hydrogen-bond acceptors (Lipinski definition) is 4. The second-order valence-corrected chi connectivity index (χ2v) is 6.29. The summed E-state index contributed by atoms with van der Waals surface area (Å²) in [5.41, 5.74) is 7.95. The Hall–Kier alpha value is -2.62. The van der Waals surface area contributed by atoms with E-state index in [-0.39, 0.29) is 0 Å². The van der Waals surface area contributed by atoms with Crippen molar-refractivity contribution >= 4 is 11.4 Å². The van der Waals surface area contributed by atoms with Crippen LogP contribution in [0.4, 0.5) is 0 Å². The molecule has 3 rings (SSSR count). The van der Waals surface area contributed by atoms with Gasteiger partial charge in [-0.05, 0) is 31.4 Å². The third-order valence-electron chi connectivity index (χ3n) is 4.12. The van der Waals surface area contributed by atoms with Gasteiger partial charge in [0.15, 0.2) is 0 Å². The van der Waals surface area contributed by atoms with E-state index >= 15 is 0 Å². The van der Waals surface area contributed by atoms with Crippen molar-refractivity contribution in [2.24, 2.45) is 10.3 Å². The molecule has 0 radical (unpaired) electrons. The Kier molecular flexibility index (Phi) is 4.65. The monoisotopic (exact) mass is 321 g/mol. The summed E-state index contributed by atoms with van der Waals surface area (Å²) in [6, 6.07) is 18.5. The number of hydrogen-bond donors (Lipinski definition) is 1. The topological polar surface area (TPSA) is 46.0 Å². The van der Waals surface area contributed by atoms with Crippen LogP contribution in [0.2, 0.25) is 0 Å². The fraction of sp³-hybridized carbons (Fsp3) is 0.300. The summed E-state index contributed by atoms with van der Waals surface area (Å²) in [7, 11) is 0. The van der Waals surface area contributed by atoms with Crippen LogP contribution in [0.25, 0.3) is 0 Å². The van der Waals surface area contributed by atoms with E-state index in [1.165, 1.54) is 5.56 Å². The largest absolute Gasteiger partial charge is 0.366 e. The molecular weight excluding hydrogens is 298 g/mol. The summed E-state index contributed by atoms with van der Waals surface area (Å²) in [6.07, 6.45) is 1.52. The molecule has 1 atom stereocenters. The quantitative estimate of drug-likeness (QED) is 0.661. The van der Waals surface area contributed by atoms with Gasteiger partial charge in [-0.3, -0.25) is 5.43 Å². The van der Waals surface area contributed by atoms with Gasteiger partial charge in [0.05, 0.1) is 17.8 Å². The van der Waals surface area contributed by atoms with E-state index in [1.54, 1.807) is 0 Å². The summed E-state index contributed by atoms with van der Waals surface area (Å²) < 4.78 is 0. The molecule has 1 N–H and O–H groups in total. The minimum Gasteiger partial charge on any atom is -0.366 e. The van der Waals surface area contributed by atoms with Crippen molar-refractivity contribution in [3.05, 3.63) is 71.3 Å². The Morgan fingerprint density at radius 2 is 1.88 bits per heavy atom. The van der Waals surface area contributed by atoms with Crippen LogP contribution < -0.4 is 5.43 Å². The molecule has 0 saturated heterocycles. The van der Waals surface area contributed by atoms with Crippen molar-refractivity contribution < 1.29 is 4.84 Å². The number of nitrogens with one attached hydrogen (secondary N) is 1. The lowest BCUT2D eigenvalue weighted by atomic mass is 10.0. The molecule has 0 spiro atoms. The third kappa shape index (κ3) is 3.65. The van der Waals surface area contributed by atoms with Crippen LogP contribution in [0, 0.1) is 6.92 Å². The number of rotatable bonds is 5. The maximum absolute atomic E-state index is 5.64. The van der Waals surface area contributed by atoms with Gasteiger partial charge < -0.3 is 4.84 Å². The maximum Gasteiger partial charge on any atom is 0.224 e. The molecule has 2 aromatic rings. The van der Waals surface area contributed by atoms with Crippen molar-refractivity contribution in [2.75, 3.05) is 0 Å². The summed E-state index contributed by atoms with van der Waals surface area (Å²) in [4.78, 5) is 5.64. The minimum absolute atomic E-state index is 0.616. The van der Waals surface area contributed by atoms with Gasteiger partial charge in [-0.15, -0.1) is 0 Å². The Balaban J connectivity index is 1.70. The molecule has 4 nitrogen and oxygen atoms in total. The molecular formula is C20H23N3O. The van der Waals surface area contributed by atoms with Gasteiger partial charge in [0.25, 0.3) is 0 Å². The normalized spacial score (nSPS) is 20.5. The Bertz CT molecular complexity index is 750. The second kappa shape index (κ2) is 6.87. The van der Waals surface area contributed by atoms with Crippen molar-refractivity contribution in [1.29, 1.82) is 0 Å². The van der Waals surface area contributed by atoms with Gasteiger partial charge >= 0.3 is 0 Å². The van der Waals surface area contributed by atoms with Gasteiger partial charge in [-0.25, -0.2) is 0 Å². The number of aryl methyl sites for hydroxylation is 1. The molecule has 1 heterocycles. The van der Waals surface area contributed by atoms with Crippen molar-refractivity contribution in [1.82, 2.24) is 5.43 Å². The highest BCUT2D eigenvalue weighted by atomic mass is 16.7. The van der Waals surface area contributed by atoms with E-state index in [4.69, 9.17) is 4.84 Å². The van der Waals surface area contributed by atoms with Crippen LogP contribution in [0.5, 0.6) is 0 Å². The van der Waals surface area contributed by atoms with E-state index in [0.29, 0.717) is 6.42 Å². The highest BCUT2D eigenvalue weighted by Crippen LogP contribution is 2.24. The lowest BCUT2D eigenvalue weighted by molar-refractivity contribution is -0.0299. The lowest BCUT2D eigenvalue weighted by Crippen LogP contribution is -2.39. The fourth-order valence-corrected chi connectivity index (χ4v) is 2.66. The van der Waals surface area contributed by atoms with Crippen LogP contribution in [-0.4, -0.2) is 17.1 Å². The summed E-state index contributed by atoms with van der Waals surface area (Å²) >= 11 is 0. The minimum atomic E-state index is -0.616. The summed E-state index contributed by atoms with van der Waals surface area (Å²) in [5.74, 6) is 0. The van der Waals surface area contributed by atoms with Gasteiger partial charge in [0.1, 0.15) is 0 Å². The molecule has 0 aromatic heterocycles. The first-order valence-corrected chi connectivity index (χ1v) is 8.31. The second-order valence-electron chi connectivity index (χ2n) is 6.29. The molecule has 0 aliphatic carbocycles. The standard InChI is InChI=1S/C20H23N3O/c1-4-18(16-8-6-5-7-9-16)21-23-20(3)14-19(22-24-20)17-12-10-15(2)11-13-17/h5-13,23H,4,14H2,1-3H3/b21-18+. The van der Waals surface area contributed by atoms with Crippen LogP contribution in [0.3, 0.4) is 0 Å². The Labute approximate surface area is 143 Å². The SMILES string of the molecule is CC/C(=N\NC1(C)CC(c2ccc(C)cc2)=NO1)c1ccccc1. The van der Waals surface area contributed by atoms with Crippen LogP contribution >= 0.6 is 0 Å². The molecule has 1 unspecified atom stereocenters. The highest BCUT2D eigenvalue weighted by Gasteiger charge is 2.34. The fourth-order valence-electron chi connectivity index (χ4n) is 2.66. The van der Waals surface area contributed by atoms with E-state index in [2.05, 4.69) is 65.9 Å². The van der Waals surface area contributed by atoms with Crippen LogP contribution in [0.1, 0.15) is 43.4 Å². The van der Waals surface area contributed by atoms with E-state index < -0.39 is 5.72 Å². The van der Waals surface area contributed by atoms with Crippen LogP contribution in [0.15, 0.2) is 64.9 Å². The zero-order valence-electron chi connectivity index (χ0n) is 14.4. The zero-order valence-corrected chi connectivity index (χ0v) is 14.4. The molecule has 0 bridgehead atoms. The van der Waals surface area contributed by atoms with Crippen molar-refractivity contribution in [2.45, 2.75) is 39.3 Å². The van der Waals surface area contributed by atoms with Gasteiger partial charge in [-0.2, -0.15) is 5.10 Å². The molecule has 1 aliphatic heterocycles. The predicted octanol–water partition coefficient (Wildman–Crippen LogP) is 4.24. The molecule has 0 fully saturated rings. The van der Waals surface area contributed by atoms with Gasteiger partial charge in [-0.1, -0.05) is 72.2 Å². The van der Waals surface area contributed by atoms with Crippen molar-refractivity contribution in [3.63, 3.8) is 0 Å². The molecule has 0 amide bonds. The van der Waals surface area contributed by atoms with Gasteiger partial charge in [0.2, 0.25) is 5.72 Å². The maximum atomic E-state index is 5.64. The number of benzene rings is 2. The van der Waals surface area contributed by atoms with E-state index in [9.17, 15) is 0 Å². The van der Waals surface area contributed by atoms with Crippen LogP contribution in [-0.2, 0) is 4.84 Å². The first-order chi connectivity index (χ1) is 11.6. The average Bonchev–Trinajstić information content (AvgIpc) is 3.00. The molecule has 124 valence electrons. The smallest absolute Gasteiger partial charge is 0.224 e. The third-order valence-corrected chi connectivity index (χ3v) is 4.12. The van der Waals surface area contributed by atoms with E-state index in [0.717, 1.165) is 29.0 Å². The predicted molar refractivity (Wildman–Crippen MR) is 98.2 cm³/mol. The van der Waals surface area contributed by atoms with Gasteiger partial charge in [0, 0.05) is 0 Å². The Morgan fingerprint density at radius 3 is 2.54 bits per heavy atom. The number of hydrazone groups is 1. The summed E-state index contributed by atoms with van der Waals surface area (Å²) in [5, 5.41) is 8.83. The lowest BCUT2D eigenvalue weighted by Gasteiger charge is -2.21. The number of nitrogens with zero attached hydrogens (tertiary/aromatic N) is 2. The molecule has 24 heavy (non-hydrogen) atoms. The average molecular weight is 321 g/mol. The highest BCUT2D eigenvalue weighted by molar-refractivity contribution is 6.02. The molecule has 0 saturated carbocycles. The van der Waals surface area contributed by atoms with Crippen molar-refractivity contribution in [3.8, 4) is 0 Å². The summed E-state index contributed by atoms with van der Waals surface area (Å²) in [6.45, 7) is 6.14. The zero-order chi connectivity index (χ0) is 17.0. The molecule has 1 aliphatic rings. The van der Waals surface area contributed by atoms with E-state index in [1.807, 2.05) is 25.1 Å². The molecule has 4 heteroatoms. The first-order valence-electron chi connectivity index (χ1n) is 8.31. The first kappa shape index (κ1) is 16.2.